The fraction of sp³-hybridized carbons (Fsp3) is 0.944. The Hall–Kier alpha value is 0.840. The van der Waals surface area contributed by atoms with Crippen LogP contribution in [0.15, 0.2) is 0 Å². The zero-order valence-electron chi connectivity index (χ0n) is 18.5. The highest BCUT2D eigenvalue weighted by Crippen LogP contribution is 2.19. The Morgan fingerprint density at radius 3 is 1.69 bits per heavy atom. The molecule has 0 aromatic rings. The van der Waals surface area contributed by atoms with Crippen molar-refractivity contribution in [3.05, 3.63) is 0 Å². The van der Waals surface area contributed by atoms with Crippen LogP contribution in [-0.4, -0.2) is 46.2 Å². The number of alkyl carbamates (subject to hydrolysis) is 1. The lowest BCUT2D eigenvalue weighted by atomic mass is 10.2. The van der Waals surface area contributed by atoms with Crippen LogP contribution in [0, 0.1) is 0 Å². The Kier molecular flexibility index (Phi) is 37.8. The topological polar surface area (TPSA) is 105 Å². The van der Waals surface area contributed by atoms with E-state index in [4.69, 9.17) is 16.9 Å². The van der Waals surface area contributed by atoms with Crippen molar-refractivity contribution >= 4 is 72.5 Å². The molecule has 0 saturated heterocycles. The first-order chi connectivity index (χ1) is 11.1. The number of nitrogens with two attached hydrogens (primary N) is 1. The van der Waals surface area contributed by atoms with Crippen molar-refractivity contribution in [2.75, 3.05) is 0 Å². The first kappa shape index (κ1) is 43.7. The molecule has 0 radical (unpaired) electrons. The van der Waals surface area contributed by atoms with Gasteiger partial charge in [-0.25, -0.2) is 4.79 Å². The van der Waals surface area contributed by atoms with E-state index >= 15 is 0 Å². The quantitative estimate of drug-likeness (QED) is 0.420. The summed E-state index contributed by atoms with van der Waals surface area (Å²) in [5, 5.41) is 21.0. The Balaban J connectivity index is -0.0000000577. The van der Waals surface area contributed by atoms with Crippen LogP contribution in [0.3, 0.4) is 0 Å². The van der Waals surface area contributed by atoms with Crippen LogP contribution in [0.2, 0.25) is 0 Å². The van der Waals surface area contributed by atoms with Gasteiger partial charge in [0, 0.05) is 7.41 Å². The third-order valence-electron chi connectivity index (χ3n) is 3.71. The van der Waals surface area contributed by atoms with Gasteiger partial charge in [-0.2, -0.15) is 54.0 Å². The maximum Gasteiger partial charge on any atom is 0.407 e. The van der Waals surface area contributed by atoms with Crippen LogP contribution in [0.5, 0.6) is 0 Å². The van der Waals surface area contributed by atoms with Gasteiger partial charge in [0.15, 0.2) is 0 Å². The molecule has 0 spiro atoms. The molecule has 5 N–H and O–H groups in total. The first-order valence-corrected chi connectivity index (χ1v) is 8.51. The predicted molar refractivity (Wildman–Crippen MR) is 148 cm³/mol. The summed E-state index contributed by atoms with van der Waals surface area (Å²) in [5.74, 6) is 0. The first-order valence-electron chi connectivity index (χ1n) is 9.21. The van der Waals surface area contributed by atoms with Crippen molar-refractivity contribution in [2.24, 2.45) is 5.73 Å². The molecule has 2 aliphatic carbocycles. The molecule has 2 rings (SSSR count). The summed E-state index contributed by atoms with van der Waals surface area (Å²) in [6.45, 7) is 7.74. The van der Waals surface area contributed by atoms with Crippen LogP contribution >= 0.6 is 66.4 Å². The molecular weight excluding hydrogens is 472 g/mol. The highest BCUT2D eigenvalue weighted by molar-refractivity contribution is 7.59. The molecule has 29 heavy (non-hydrogen) atoms. The van der Waals surface area contributed by atoms with Gasteiger partial charge >= 0.3 is 6.09 Å². The molecular formula is C18H49ClN2O4S4. The smallest absolute Gasteiger partial charge is 0.407 e. The molecule has 2 aliphatic rings. The van der Waals surface area contributed by atoms with Crippen molar-refractivity contribution < 1.29 is 21.1 Å². The second-order valence-corrected chi connectivity index (χ2v) is 6.91. The predicted octanol–water partition coefficient (Wildman–Crippen LogP) is 3.82. The highest BCUT2D eigenvalue weighted by Gasteiger charge is 2.28. The van der Waals surface area contributed by atoms with E-state index in [2.05, 4.69) is 5.32 Å². The van der Waals surface area contributed by atoms with Gasteiger partial charge in [-0.1, -0.05) is 21.3 Å². The lowest BCUT2D eigenvalue weighted by Crippen LogP contribution is -2.42. The summed E-state index contributed by atoms with van der Waals surface area (Å²) in [7, 11) is 0. The molecule has 11 heteroatoms. The van der Waals surface area contributed by atoms with Crippen molar-refractivity contribution in [3.8, 4) is 0 Å². The van der Waals surface area contributed by atoms with E-state index in [1.807, 2.05) is 20.8 Å². The minimum Gasteiger partial charge on any atom is -0.444 e. The molecule has 0 aliphatic heterocycles. The monoisotopic (exact) mass is 521 g/mol. The summed E-state index contributed by atoms with van der Waals surface area (Å²) in [5.41, 5.74) is 4.95. The zero-order valence-corrected chi connectivity index (χ0v) is 22.3. The zero-order chi connectivity index (χ0) is 18.8. The Bertz CT molecular complexity index is 366. The summed E-state index contributed by atoms with van der Waals surface area (Å²) < 4.78 is 11.3. The molecule has 186 valence electrons. The molecule has 4 atom stereocenters. The summed E-state index contributed by atoms with van der Waals surface area (Å²) in [6, 6.07) is -0.0650. The third-order valence-corrected chi connectivity index (χ3v) is 3.71. The fourth-order valence-corrected chi connectivity index (χ4v) is 2.54. The van der Waals surface area contributed by atoms with Gasteiger partial charge in [0.25, 0.3) is 0 Å². The molecule has 0 unspecified atom stereocenters. The molecule has 1 amide bonds. The summed E-state index contributed by atoms with van der Waals surface area (Å²) in [6.07, 6.45) is 4.50. The van der Waals surface area contributed by atoms with E-state index in [0.717, 1.165) is 38.5 Å². The maximum absolute atomic E-state index is 11.3. The highest BCUT2D eigenvalue weighted by atomic mass is 35.5. The Labute approximate surface area is 214 Å². The molecule has 0 aromatic carbocycles. The number of amides is 1. The standard InChI is InChI=1S/C10H19NO3.C5H11NO.C2H6.CH4.ClH.4H2S/c1-10(2,3)14-9(13)11-7-5-4-6-8(7)12;6-4-2-1-3-5(4)7;1-2;;;;;;/h7-8,12H,4-6H2,1-3H3,(H,11,13);4-5,7H,1-3,6H2;1-2H3;1H4;1H;4*1H2/t7-,8-;4-,5-;;;;;;;/m00......./s1/i;;1D;;;;;;. The lowest BCUT2D eigenvalue weighted by molar-refractivity contribution is 0.0450. The molecule has 0 aromatic heterocycles. The van der Waals surface area contributed by atoms with Gasteiger partial charge in [0.2, 0.25) is 0 Å². The van der Waals surface area contributed by atoms with Crippen LogP contribution in [0.4, 0.5) is 4.79 Å². The lowest BCUT2D eigenvalue weighted by Gasteiger charge is -2.22. The second-order valence-electron chi connectivity index (χ2n) is 6.91. The van der Waals surface area contributed by atoms with E-state index in [9.17, 15) is 9.90 Å². The molecule has 2 fully saturated rings. The summed E-state index contributed by atoms with van der Waals surface area (Å²) in [4.78, 5) is 11.3. The average Bonchev–Trinajstić information content (AvgIpc) is 2.99. The number of nitrogens with one attached hydrogen (secondary N) is 1. The van der Waals surface area contributed by atoms with Crippen LogP contribution in [0.1, 0.15) is 81.9 Å². The normalized spacial score (nSPS) is 24.0. The third kappa shape index (κ3) is 23.3. The minimum absolute atomic E-state index is 0. The maximum atomic E-state index is 11.3. The molecule has 0 heterocycles. The number of carbonyl (C=O) groups is 1. The van der Waals surface area contributed by atoms with Gasteiger partial charge in [-0.15, -0.1) is 12.4 Å². The molecule has 2 saturated carbocycles. The van der Waals surface area contributed by atoms with Gasteiger partial charge in [0.05, 0.1) is 18.2 Å². The van der Waals surface area contributed by atoms with Gasteiger partial charge in [-0.05, 0) is 59.3 Å². The Morgan fingerprint density at radius 1 is 1.03 bits per heavy atom. The van der Waals surface area contributed by atoms with E-state index in [1.165, 1.54) is 0 Å². The van der Waals surface area contributed by atoms with Gasteiger partial charge in [0.1, 0.15) is 5.60 Å². The van der Waals surface area contributed by atoms with Crippen LogP contribution in [-0.2, 0) is 4.74 Å². The number of halogens is 1. The number of ether oxygens (including phenoxy) is 1. The molecule has 6 nitrogen and oxygen atoms in total. The van der Waals surface area contributed by atoms with E-state index in [0.29, 0.717) is 6.90 Å². The number of aliphatic hydroxyl groups is 2. The number of rotatable bonds is 1. The van der Waals surface area contributed by atoms with Crippen LogP contribution in [0.25, 0.3) is 0 Å². The van der Waals surface area contributed by atoms with Gasteiger partial charge < -0.3 is 26.0 Å². The minimum atomic E-state index is -0.479. The SMILES string of the molecule is C.CC(C)(C)OC(=O)N[C@H]1CCC[C@@H]1O.Cl.N[C@H]1CCC[C@@H]1O.S.S.S.S.[2H]CC. The Morgan fingerprint density at radius 2 is 1.45 bits per heavy atom. The van der Waals surface area contributed by atoms with Gasteiger partial charge in [-0.3, -0.25) is 0 Å². The average molecular weight is 522 g/mol. The number of carbonyl (C=O) groups excluding carboxylic acids is 1. The molecule has 0 bridgehead atoms. The van der Waals surface area contributed by atoms with Crippen molar-refractivity contribution in [2.45, 2.75) is 110 Å². The summed E-state index contributed by atoms with van der Waals surface area (Å²) >= 11 is 0. The second kappa shape index (κ2) is 25.1. The fourth-order valence-electron chi connectivity index (χ4n) is 2.54. The number of hydrogen-bond acceptors (Lipinski definition) is 5. The number of aliphatic hydroxyl groups excluding tert-OH is 2. The van der Waals surface area contributed by atoms with E-state index in [1.54, 1.807) is 6.92 Å². The largest absolute Gasteiger partial charge is 0.444 e. The van der Waals surface area contributed by atoms with E-state index in [-0.39, 0.29) is 92.0 Å². The van der Waals surface area contributed by atoms with Crippen molar-refractivity contribution in [1.29, 1.82) is 0 Å². The van der Waals surface area contributed by atoms with Crippen molar-refractivity contribution in [3.63, 3.8) is 0 Å². The van der Waals surface area contributed by atoms with E-state index < -0.39 is 17.8 Å². The van der Waals surface area contributed by atoms with Crippen LogP contribution < -0.4 is 11.1 Å². The number of hydrogen-bond donors (Lipinski definition) is 4. The van der Waals surface area contributed by atoms with Crippen molar-refractivity contribution in [1.82, 2.24) is 5.32 Å².